The first-order valence-electron chi connectivity index (χ1n) is 7.14. The topological polar surface area (TPSA) is 38.3 Å². The number of Topliss-reactive ketones (excluding diaryl/α,β-unsaturated/α-hetero) is 1. The molecule has 1 N–H and O–H groups in total. The second-order valence-electron chi connectivity index (χ2n) is 5.50. The highest BCUT2D eigenvalue weighted by atomic mass is 32.1. The summed E-state index contributed by atoms with van der Waals surface area (Å²) in [5.41, 5.74) is 3.61. The molecule has 1 aromatic heterocycles. The predicted molar refractivity (Wildman–Crippen MR) is 86.5 cm³/mol. The lowest BCUT2D eigenvalue weighted by molar-refractivity contribution is 0.102. The van der Waals surface area contributed by atoms with E-state index in [0.717, 1.165) is 28.5 Å². The number of benzene rings is 1. The Morgan fingerprint density at radius 1 is 1.43 bits per heavy atom. The quantitative estimate of drug-likeness (QED) is 0.879. The van der Waals surface area contributed by atoms with E-state index in [4.69, 9.17) is 4.74 Å². The number of rotatable bonds is 4. The largest absolute Gasteiger partial charge is 0.488 e. The molecule has 3 rings (SSSR count). The Kier molecular flexibility index (Phi) is 3.83. The Hall–Kier alpha value is -1.65. The molecule has 1 unspecified atom stereocenters. The van der Waals surface area contributed by atoms with E-state index >= 15 is 0 Å². The number of aryl methyl sites for hydroxylation is 1. The zero-order chi connectivity index (χ0) is 15.0. The summed E-state index contributed by atoms with van der Waals surface area (Å²) >= 11 is 1.56. The van der Waals surface area contributed by atoms with Gasteiger partial charge in [0.1, 0.15) is 11.9 Å². The number of ether oxygens (including phenoxy) is 1. The van der Waals surface area contributed by atoms with Crippen LogP contribution in [0.1, 0.15) is 27.7 Å². The Morgan fingerprint density at radius 2 is 2.24 bits per heavy atom. The molecule has 110 valence electrons. The van der Waals surface area contributed by atoms with E-state index in [2.05, 4.69) is 24.4 Å². The van der Waals surface area contributed by atoms with Crippen LogP contribution < -0.4 is 10.1 Å². The van der Waals surface area contributed by atoms with Gasteiger partial charge in [0, 0.05) is 17.8 Å². The number of hydrogen-bond acceptors (Lipinski definition) is 4. The number of nitrogens with one attached hydrogen (secondary N) is 1. The van der Waals surface area contributed by atoms with E-state index in [9.17, 15) is 4.79 Å². The molecule has 4 heteroatoms. The Labute approximate surface area is 129 Å². The molecule has 0 spiro atoms. The van der Waals surface area contributed by atoms with Crippen LogP contribution >= 0.6 is 11.3 Å². The third kappa shape index (κ3) is 2.74. The lowest BCUT2D eigenvalue weighted by atomic mass is 10.0. The lowest BCUT2D eigenvalue weighted by Gasteiger charge is -2.10. The van der Waals surface area contributed by atoms with E-state index in [1.54, 1.807) is 18.3 Å². The van der Waals surface area contributed by atoms with Crippen molar-refractivity contribution in [2.45, 2.75) is 26.4 Å². The van der Waals surface area contributed by atoms with Crippen molar-refractivity contribution in [3.8, 4) is 16.2 Å². The van der Waals surface area contributed by atoms with Crippen molar-refractivity contribution in [3.63, 3.8) is 0 Å². The van der Waals surface area contributed by atoms with Crippen LogP contribution in [0.25, 0.3) is 10.4 Å². The van der Waals surface area contributed by atoms with Crippen LogP contribution in [0, 0.1) is 6.92 Å². The molecule has 2 heterocycles. The molecular formula is C17H19NO2S. The van der Waals surface area contributed by atoms with E-state index in [1.165, 1.54) is 16.7 Å². The van der Waals surface area contributed by atoms with E-state index in [0.29, 0.717) is 0 Å². The summed E-state index contributed by atoms with van der Waals surface area (Å²) in [7, 11) is 1.94. The van der Waals surface area contributed by atoms with Crippen molar-refractivity contribution < 1.29 is 9.53 Å². The molecule has 0 radical (unpaired) electrons. The van der Waals surface area contributed by atoms with Gasteiger partial charge >= 0.3 is 0 Å². The maximum absolute atomic E-state index is 11.4. The number of fused-ring (bicyclic) bond motifs is 1. The molecule has 21 heavy (non-hydrogen) atoms. The summed E-state index contributed by atoms with van der Waals surface area (Å²) in [4.78, 5) is 13.4. The number of carbonyl (C=O) groups excluding carboxylic acids is 1. The molecule has 0 saturated carbocycles. The van der Waals surface area contributed by atoms with Crippen LogP contribution in [0.3, 0.4) is 0 Å². The average Bonchev–Trinajstić information content (AvgIpc) is 3.05. The Balaban J connectivity index is 1.94. The van der Waals surface area contributed by atoms with Crippen LogP contribution in [0.5, 0.6) is 5.75 Å². The van der Waals surface area contributed by atoms with Gasteiger partial charge < -0.3 is 10.1 Å². The highest BCUT2D eigenvalue weighted by Crippen LogP contribution is 2.38. The second-order valence-corrected chi connectivity index (χ2v) is 6.59. The summed E-state index contributed by atoms with van der Waals surface area (Å²) in [5, 5.41) is 3.17. The third-order valence-electron chi connectivity index (χ3n) is 3.75. The first-order chi connectivity index (χ1) is 10.1. The van der Waals surface area contributed by atoms with Gasteiger partial charge in [-0.25, -0.2) is 0 Å². The minimum atomic E-state index is 0.126. The van der Waals surface area contributed by atoms with Gasteiger partial charge in [-0.15, -0.1) is 11.3 Å². The predicted octanol–water partition coefficient (Wildman–Crippen LogP) is 3.45. The lowest BCUT2D eigenvalue weighted by Crippen LogP contribution is -2.27. The molecule has 1 aromatic carbocycles. The minimum Gasteiger partial charge on any atom is -0.488 e. The van der Waals surface area contributed by atoms with Crippen LogP contribution in [0.4, 0.5) is 0 Å². The molecular weight excluding hydrogens is 282 g/mol. The number of likely N-dealkylation sites (N-methyl/N-ethyl adjacent to an activating group) is 1. The van der Waals surface area contributed by atoms with Crippen LogP contribution in [-0.2, 0) is 6.42 Å². The first kappa shape index (κ1) is 14.3. The zero-order valence-corrected chi connectivity index (χ0v) is 13.3. The molecule has 0 aliphatic carbocycles. The summed E-state index contributed by atoms with van der Waals surface area (Å²) in [6.45, 7) is 4.56. The van der Waals surface area contributed by atoms with Crippen molar-refractivity contribution in [1.82, 2.24) is 5.32 Å². The SMILES string of the molecule is CNCC1Cc2cc(-c3ccc(C(C)=O)s3)cc(C)c2O1. The van der Waals surface area contributed by atoms with Crippen molar-refractivity contribution in [3.05, 3.63) is 40.3 Å². The number of hydrogen-bond donors (Lipinski definition) is 1. The van der Waals surface area contributed by atoms with E-state index in [-0.39, 0.29) is 11.9 Å². The summed E-state index contributed by atoms with van der Waals surface area (Å²) < 4.78 is 6.00. The zero-order valence-electron chi connectivity index (χ0n) is 12.5. The number of thiophene rings is 1. The third-order valence-corrected chi connectivity index (χ3v) is 4.99. The Morgan fingerprint density at radius 3 is 2.90 bits per heavy atom. The highest BCUT2D eigenvalue weighted by molar-refractivity contribution is 7.17. The van der Waals surface area contributed by atoms with Crippen molar-refractivity contribution >= 4 is 17.1 Å². The van der Waals surface area contributed by atoms with Crippen molar-refractivity contribution in [2.75, 3.05) is 13.6 Å². The monoisotopic (exact) mass is 301 g/mol. The van der Waals surface area contributed by atoms with Crippen molar-refractivity contribution in [2.24, 2.45) is 0 Å². The number of carbonyl (C=O) groups is 1. The first-order valence-corrected chi connectivity index (χ1v) is 7.96. The fourth-order valence-corrected chi connectivity index (χ4v) is 3.68. The molecule has 1 aliphatic heterocycles. The summed E-state index contributed by atoms with van der Waals surface area (Å²) in [6.07, 6.45) is 1.16. The Bertz CT molecular complexity index is 690. The molecule has 1 atom stereocenters. The van der Waals surface area contributed by atoms with Crippen LogP contribution in [0.2, 0.25) is 0 Å². The molecule has 2 aromatic rings. The van der Waals surface area contributed by atoms with Crippen molar-refractivity contribution in [1.29, 1.82) is 0 Å². The van der Waals surface area contributed by atoms with Gasteiger partial charge in [0.2, 0.25) is 0 Å². The molecule has 1 aliphatic rings. The molecule has 0 bridgehead atoms. The molecule has 0 amide bonds. The van der Waals surface area contributed by atoms with Gasteiger partial charge in [0.15, 0.2) is 5.78 Å². The van der Waals surface area contributed by atoms with Crippen LogP contribution in [0.15, 0.2) is 24.3 Å². The maximum atomic E-state index is 11.4. The summed E-state index contributed by atoms with van der Waals surface area (Å²) in [6, 6.07) is 8.29. The van der Waals surface area contributed by atoms with Gasteiger partial charge in [0.05, 0.1) is 4.88 Å². The maximum Gasteiger partial charge on any atom is 0.169 e. The van der Waals surface area contributed by atoms with Gasteiger partial charge in [-0.2, -0.15) is 0 Å². The number of ketones is 1. The summed E-state index contributed by atoms with van der Waals surface area (Å²) in [5.74, 6) is 1.16. The molecule has 0 fully saturated rings. The minimum absolute atomic E-state index is 0.126. The van der Waals surface area contributed by atoms with E-state index < -0.39 is 0 Å². The normalized spacial score (nSPS) is 16.6. The highest BCUT2D eigenvalue weighted by Gasteiger charge is 2.24. The smallest absolute Gasteiger partial charge is 0.169 e. The molecule has 0 saturated heterocycles. The fourth-order valence-electron chi connectivity index (χ4n) is 2.79. The molecule has 3 nitrogen and oxygen atoms in total. The van der Waals surface area contributed by atoms with Gasteiger partial charge in [-0.1, -0.05) is 0 Å². The van der Waals surface area contributed by atoms with E-state index in [1.807, 2.05) is 19.2 Å². The fraction of sp³-hybridized carbons (Fsp3) is 0.353. The van der Waals surface area contributed by atoms with Crippen LogP contribution in [-0.4, -0.2) is 25.5 Å². The van der Waals surface area contributed by atoms with Gasteiger partial charge in [-0.05, 0) is 61.9 Å². The van der Waals surface area contributed by atoms with Gasteiger partial charge in [-0.3, -0.25) is 4.79 Å². The van der Waals surface area contributed by atoms with Gasteiger partial charge in [0.25, 0.3) is 0 Å². The second kappa shape index (κ2) is 5.62. The average molecular weight is 301 g/mol. The standard InChI is InChI=1S/C17H19NO2S/c1-10-6-12(16-5-4-15(21-16)11(2)19)7-13-8-14(9-18-3)20-17(10)13/h4-7,14,18H,8-9H2,1-3H3.